The molecule has 7 nitrogen and oxygen atoms in total. The fourth-order valence-electron chi connectivity index (χ4n) is 4.16. The van der Waals surface area contributed by atoms with Crippen LogP contribution in [-0.2, 0) is 27.5 Å². The zero-order valence-corrected chi connectivity index (χ0v) is 22.0. The van der Waals surface area contributed by atoms with Crippen LogP contribution in [0.3, 0.4) is 0 Å². The molecule has 8 heteroatoms. The Morgan fingerprint density at radius 1 is 1.08 bits per heavy atom. The normalized spacial score (nSPS) is 15.1. The number of amides is 1. The van der Waals surface area contributed by atoms with Gasteiger partial charge in [-0.15, -0.1) is 11.3 Å². The molecule has 194 valence electrons. The lowest BCUT2D eigenvalue weighted by Gasteiger charge is -2.30. The number of esters is 1. The first-order chi connectivity index (χ1) is 17.9. The zero-order valence-electron chi connectivity index (χ0n) is 21.2. The molecule has 1 fully saturated rings. The van der Waals surface area contributed by atoms with Crippen molar-refractivity contribution in [2.24, 2.45) is 5.92 Å². The van der Waals surface area contributed by atoms with Crippen molar-refractivity contribution in [3.63, 3.8) is 0 Å². The first-order valence-electron chi connectivity index (χ1n) is 12.6. The largest absolute Gasteiger partial charge is 0.489 e. The molecule has 0 saturated carbocycles. The van der Waals surface area contributed by atoms with E-state index in [1.165, 1.54) is 22.0 Å². The maximum Gasteiger partial charge on any atom is 0.333 e. The number of thiazole rings is 1. The summed E-state index contributed by atoms with van der Waals surface area (Å²) in [6.45, 7) is 5.83. The summed E-state index contributed by atoms with van der Waals surface area (Å²) in [7, 11) is 0. The van der Waals surface area contributed by atoms with Gasteiger partial charge >= 0.3 is 5.97 Å². The molecule has 1 aliphatic heterocycles. The van der Waals surface area contributed by atoms with Crippen LogP contribution < -0.4 is 19.5 Å². The van der Waals surface area contributed by atoms with Gasteiger partial charge in [0.2, 0.25) is 5.91 Å². The summed E-state index contributed by atoms with van der Waals surface area (Å²) < 4.78 is 13.2. The minimum Gasteiger partial charge on any atom is -0.489 e. The van der Waals surface area contributed by atoms with E-state index in [-0.39, 0.29) is 24.6 Å². The predicted molar refractivity (Wildman–Crippen MR) is 145 cm³/mol. The maximum absolute atomic E-state index is 13.4. The summed E-state index contributed by atoms with van der Waals surface area (Å²) in [5.41, 5.74) is 1.54. The van der Waals surface area contributed by atoms with Gasteiger partial charge in [0.15, 0.2) is 0 Å². The van der Waals surface area contributed by atoms with Gasteiger partial charge in [-0.1, -0.05) is 49.4 Å². The highest BCUT2D eigenvalue weighted by molar-refractivity contribution is 7.07. The van der Waals surface area contributed by atoms with Crippen molar-refractivity contribution >= 4 is 35.4 Å². The van der Waals surface area contributed by atoms with E-state index in [9.17, 15) is 14.4 Å². The number of hydrogen-bond acceptors (Lipinski definition) is 6. The van der Waals surface area contributed by atoms with Crippen molar-refractivity contribution in [3.05, 3.63) is 85.3 Å². The van der Waals surface area contributed by atoms with Crippen LogP contribution in [0.25, 0.3) is 12.2 Å². The van der Waals surface area contributed by atoms with Crippen molar-refractivity contribution in [2.75, 3.05) is 19.7 Å². The van der Waals surface area contributed by atoms with Crippen molar-refractivity contribution < 1.29 is 19.1 Å². The number of likely N-dealkylation sites (tertiary alicyclic amines) is 1. The molecule has 0 spiro atoms. The van der Waals surface area contributed by atoms with E-state index in [1.807, 2.05) is 54.6 Å². The third-order valence-electron chi connectivity index (χ3n) is 6.30. The molecule has 4 rings (SSSR count). The molecule has 0 radical (unpaired) electrons. The molecule has 37 heavy (non-hydrogen) atoms. The zero-order chi connectivity index (χ0) is 26.2. The highest BCUT2D eigenvalue weighted by Gasteiger charge is 2.21. The molecule has 0 atom stereocenters. The van der Waals surface area contributed by atoms with Crippen LogP contribution in [0.1, 0.15) is 37.8 Å². The Balaban J connectivity index is 1.62. The number of carbonyl (C=O) groups excluding carboxylic acids is 2. The van der Waals surface area contributed by atoms with Gasteiger partial charge in [0.1, 0.15) is 23.6 Å². The fourth-order valence-corrected chi connectivity index (χ4v) is 5.19. The van der Waals surface area contributed by atoms with Gasteiger partial charge in [0.25, 0.3) is 5.56 Å². The Bertz CT molecular complexity index is 1400. The Labute approximate surface area is 220 Å². The number of ether oxygens (including phenoxy) is 2. The number of benzene rings is 2. The summed E-state index contributed by atoms with van der Waals surface area (Å²) in [6, 6.07) is 17.4. The van der Waals surface area contributed by atoms with Gasteiger partial charge in [0.05, 0.1) is 17.2 Å². The van der Waals surface area contributed by atoms with Crippen LogP contribution in [0.2, 0.25) is 0 Å². The van der Waals surface area contributed by atoms with E-state index in [2.05, 4.69) is 6.92 Å². The van der Waals surface area contributed by atoms with Crippen LogP contribution in [0.4, 0.5) is 0 Å². The SMILES string of the molecule is CCOC(=O)/C=c1\s/c(=C\c2cccc(OCc3ccccc3)c2)c(=O)n1CC(=O)N1CCC(C)CC1. The molecular formula is C29H32N2O5S. The molecule has 0 unspecified atom stereocenters. The number of aromatic nitrogens is 1. The Hall–Kier alpha value is -3.65. The second-order valence-corrected chi connectivity index (χ2v) is 10.2. The lowest BCUT2D eigenvalue weighted by atomic mass is 9.99. The van der Waals surface area contributed by atoms with Gasteiger partial charge in [-0.3, -0.25) is 14.2 Å². The maximum atomic E-state index is 13.4. The van der Waals surface area contributed by atoms with Gasteiger partial charge in [-0.25, -0.2) is 4.79 Å². The lowest BCUT2D eigenvalue weighted by Crippen LogP contribution is -2.43. The summed E-state index contributed by atoms with van der Waals surface area (Å²) in [5.74, 6) is 0.615. The van der Waals surface area contributed by atoms with Crippen molar-refractivity contribution in [1.82, 2.24) is 9.47 Å². The Morgan fingerprint density at radius 3 is 2.57 bits per heavy atom. The highest BCUT2D eigenvalue weighted by atomic mass is 32.1. The van der Waals surface area contributed by atoms with Crippen molar-refractivity contribution in [2.45, 2.75) is 39.8 Å². The molecule has 1 aliphatic rings. The van der Waals surface area contributed by atoms with E-state index >= 15 is 0 Å². The minimum absolute atomic E-state index is 0.108. The van der Waals surface area contributed by atoms with E-state index < -0.39 is 5.97 Å². The molecule has 2 aromatic carbocycles. The molecule has 0 bridgehead atoms. The summed E-state index contributed by atoms with van der Waals surface area (Å²) >= 11 is 1.17. The molecule has 3 aromatic rings. The van der Waals surface area contributed by atoms with E-state index in [0.717, 1.165) is 24.0 Å². The van der Waals surface area contributed by atoms with Crippen LogP contribution in [0.5, 0.6) is 5.75 Å². The highest BCUT2D eigenvalue weighted by Crippen LogP contribution is 2.17. The second-order valence-electron chi connectivity index (χ2n) is 9.15. The van der Waals surface area contributed by atoms with E-state index in [1.54, 1.807) is 17.9 Å². The van der Waals surface area contributed by atoms with E-state index in [4.69, 9.17) is 9.47 Å². The van der Waals surface area contributed by atoms with Crippen LogP contribution >= 0.6 is 11.3 Å². The van der Waals surface area contributed by atoms with Gasteiger partial charge in [-0.2, -0.15) is 0 Å². The smallest absolute Gasteiger partial charge is 0.333 e. The fraction of sp³-hybridized carbons (Fsp3) is 0.345. The van der Waals surface area contributed by atoms with Crippen LogP contribution in [-0.4, -0.2) is 41.0 Å². The minimum atomic E-state index is -0.542. The van der Waals surface area contributed by atoms with Crippen molar-refractivity contribution in [3.8, 4) is 5.75 Å². The van der Waals surface area contributed by atoms with E-state index in [0.29, 0.717) is 40.6 Å². The Kier molecular flexibility index (Phi) is 8.95. The number of carbonyl (C=O) groups is 2. The third-order valence-corrected chi connectivity index (χ3v) is 7.36. The summed E-state index contributed by atoms with van der Waals surface area (Å²) in [5, 5.41) is 0. The van der Waals surface area contributed by atoms with Gasteiger partial charge < -0.3 is 14.4 Å². The average molecular weight is 521 g/mol. The monoisotopic (exact) mass is 520 g/mol. The summed E-state index contributed by atoms with van der Waals surface area (Å²) in [6.07, 6.45) is 4.95. The second kappa shape index (κ2) is 12.5. The number of hydrogen-bond donors (Lipinski definition) is 0. The molecule has 1 aromatic heterocycles. The topological polar surface area (TPSA) is 77.8 Å². The quantitative estimate of drug-likeness (QED) is 0.427. The standard InChI is InChI=1S/C29H32N2O5S/c1-3-35-28(33)18-27-31(19-26(32)30-14-12-21(2)13-15-30)29(34)25(37-27)17-23-10-7-11-24(16-23)36-20-22-8-5-4-6-9-22/h4-11,16-18,21H,3,12-15,19-20H2,1-2H3/b25-17-,27-18-. The molecular weight excluding hydrogens is 488 g/mol. The molecule has 1 amide bonds. The lowest BCUT2D eigenvalue weighted by molar-refractivity contribution is -0.136. The molecule has 0 N–H and O–H groups in total. The first kappa shape index (κ1) is 26.4. The number of nitrogens with zero attached hydrogens (tertiary/aromatic N) is 2. The Morgan fingerprint density at radius 2 is 1.84 bits per heavy atom. The first-order valence-corrected chi connectivity index (χ1v) is 13.4. The third kappa shape index (κ3) is 7.20. The average Bonchev–Trinajstić information content (AvgIpc) is 3.17. The van der Waals surface area contributed by atoms with Crippen LogP contribution in [0, 0.1) is 5.92 Å². The van der Waals surface area contributed by atoms with Gasteiger partial charge in [0, 0.05) is 13.1 Å². The summed E-state index contributed by atoms with van der Waals surface area (Å²) in [4.78, 5) is 40.4. The molecule has 1 saturated heterocycles. The molecule has 0 aliphatic carbocycles. The predicted octanol–water partition coefficient (Wildman–Crippen LogP) is 2.92. The molecule has 2 heterocycles. The number of piperidine rings is 1. The van der Waals surface area contributed by atoms with Gasteiger partial charge in [-0.05, 0) is 55.0 Å². The van der Waals surface area contributed by atoms with Crippen LogP contribution in [0.15, 0.2) is 59.4 Å². The van der Waals surface area contributed by atoms with Crippen molar-refractivity contribution in [1.29, 1.82) is 0 Å². The number of rotatable bonds is 8.